The summed E-state index contributed by atoms with van der Waals surface area (Å²) in [7, 11) is 0. The molecule has 0 spiro atoms. The molecular weight excluding hydrogens is 366 g/mol. The fourth-order valence-corrected chi connectivity index (χ4v) is 3.39. The van der Waals surface area contributed by atoms with Gasteiger partial charge in [-0.05, 0) is 72.5 Å². The SMILES string of the molecule is CCOC(=O)C(CC(C)C)c1ccc(-c2ccc(N=O)cc2)c(OCC2CC2)c1. The van der Waals surface area contributed by atoms with Crippen molar-refractivity contribution in [3.8, 4) is 16.9 Å². The van der Waals surface area contributed by atoms with Gasteiger partial charge in [0.25, 0.3) is 0 Å². The third-order valence-electron chi connectivity index (χ3n) is 5.14. The zero-order valence-corrected chi connectivity index (χ0v) is 17.4. The first-order chi connectivity index (χ1) is 14.0. The lowest BCUT2D eigenvalue weighted by atomic mass is 9.89. The minimum Gasteiger partial charge on any atom is -0.493 e. The Morgan fingerprint density at radius 2 is 1.86 bits per heavy atom. The second-order valence-electron chi connectivity index (χ2n) is 8.08. The number of benzene rings is 2. The van der Waals surface area contributed by atoms with Crippen molar-refractivity contribution in [3.05, 3.63) is 52.9 Å². The second kappa shape index (κ2) is 9.68. The van der Waals surface area contributed by atoms with Gasteiger partial charge in [-0.25, -0.2) is 0 Å². The van der Waals surface area contributed by atoms with E-state index in [1.54, 1.807) is 12.1 Å². The predicted octanol–water partition coefficient (Wildman–Crippen LogP) is 6.23. The normalized spacial score (nSPS) is 14.5. The maximum atomic E-state index is 12.6. The summed E-state index contributed by atoms with van der Waals surface area (Å²) in [5.74, 6) is 1.24. The van der Waals surface area contributed by atoms with Crippen LogP contribution in [0.1, 0.15) is 51.5 Å². The van der Waals surface area contributed by atoms with Gasteiger partial charge in [-0.15, -0.1) is 4.91 Å². The fraction of sp³-hybridized carbons (Fsp3) is 0.458. The lowest BCUT2D eigenvalue weighted by Gasteiger charge is -2.20. The van der Waals surface area contributed by atoms with E-state index in [0.717, 1.165) is 28.9 Å². The van der Waals surface area contributed by atoms with Crippen molar-refractivity contribution in [3.63, 3.8) is 0 Å². The van der Waals surface area contributed by atoms with Crippen molar-refractivity contribution >= 4 is 11.7 Å². The van der Waals surface area contributed by atoms with Crippen LogP contribution in [0.15, 0.2) is 47.6 Å². The topological polar surface area (TPSA) is 65.0 Å². The molecule has 0 saturated heterocycles. The Balaban J connectivity index is 1.95. The number of hydrogen-bond acceptors (Lipinski definition) is 5. The van der Waals surface area contributed by atoms with Crippen LogP contribution in [-0.4, -0.2) is 19.2 Å². The number of carbonyl (C=O) groups is 1. The molecule has 0 N–H and O–H groups in total. The van der Waals surface area contributed by atoms with Gasteiger partial charge in [-0.1, -0.05) is 38.1 Å². The number of esters is 1. The highest BCUT2D eigenvalue weighted by atomic mass is 16.5. The zero-order valence-electron chi connectivity index (χ0n) is 17.4. The Hall–Kier alpha value is -2.69. The quantitative estimate of drug-likeness (QED) is 0.353. The number of nitrogens with zero attached hydrogens (tertiary/aromatic N) is 1. The third kappa shape index (κ3) is 5.66. The molecule has 0 aromatic heterocycles. The molecule has 3 rings (SSSR count). The Bertz CT molecular complexity index is 840. The Morgan fingerprint density at radius 3 is 2.45 bits per heavy atom. The molecule has 0 radical (unpaired) electrons. The van der Waals surface area contributed by atoms with Crippen LogP contribution < -0.4 is 4.74 Å². The second-order valence-corrected chi connectivity index (χ2v) is 8.08. The molecule has 1 unspecified atom stereocenters. The molecule has 154 valence electrons. The highest BCUT2D eigenvalue weighted by Gasteiger charge is 2.26. The lowest BCUT2D eigenvalue weighted by molar-refractivity contribution is -0.145. The Morgan fingerprint density at radius 1 is 1.14 bits per heavy atom. The van der Waals surface area contributed by atoms with Gasteiger partial charge in [-0.3, -0.25) is 4.79 Å². The van der Waals surface area contributed by atoms with Gasteiger partial charge in [0.1, 0.15) is 11.4 Å². The lowest BCUT2D eigenvalue weighted by Crippen LogP contribution is -2.18. The first-order valence-electron chi connectivity index (χ1n) is 10.4. The largest absolute Gasteiger partial charge is 0.493 e. The monoisotopic (exact) mass is 395 g/mol. The van der Waals surface area contributed by atoms with E-state index in [-0.39, 0.29) is 11.9 Å². The van der Waals surface area contributed by atoms with Crippen molar-refractivity contribution in [1.29, 1.82) is 0 Å². The fourth-order valence-electron chi connectivity index (χ4n) is 3.39. The molecule has 1 saturated carbocycles. The molecule has 1 fully saturated rings. The molecule has 2 aromatic carbocycles. The van der Waals surface area contributed by atoms with Crippen LogP contribution in [0.5, 0.6) is 5.75 Å². The highest BCUT2D eigenvalue weighted by Crippen LogP contribution is 2.37. The average molecular weight is 395 g/mol. The van der Waals surface area contributed by atoms with Crippen LogP contribution >= 0.6 is 0 Å². The van der Waals surface area contributed by atoms with E-state index < -0.39 is 0 Å². The van der Waals surface area contributed by atoms with Crippen LogP contribution in [0.3, 0.4) is 0 Å². The van der Waals surface area contributed by atoms with E-state index in [4.69, 9.17) is 9.47 Å². The van der Waals surface area contributed by atoms with Crippen molar-refractivity contribution in [1.82, 2.24) is 0 Å². The molecular formula is C24H29NO4. The Labute approximate surface area is 172 Å². The first kappa shape index (κ1) is 21.0. The van der Waals surface area contributed by atoms with Crippen LogP contribution in [0.2, 0.25) is 0 Å². The van der Waals surface area contributed by atoms with Crippen LogP contribution in [0, 0.1) is 16.7 Å². The number of carbonyl (C=O) groups excluding carboxylic acids is 1. The average Bonchev–Trinajstić information content (AvgIpc) is 3.55. The first-order valence-corrected chi connectivity index (χ1v) is 10.4. The maximum Gasteiger partial charge on any atom is 0.313 e. The van der Waals surface area contributed by atoms with Gasteiger partial charge < -0.3 is 9.47 Å². The smallest absolute Gasteiger partial charge is 0.313 e. The molecule has 29 heavy (non-hydrogen) atoms. The van der Waals surface area contributed by atoms with Crippen LogP contribution in [0.4, 0.5) is 5.69 Å². The number of nitroso groups, excluding NO2 is 1. The van der Waals surface area contributed by atoms with Crippen molar-refractivity contribution in [2.75, 3.05) is 13.2 Å². The summed E-state index contributed by atoms with van der Waals surface area (Å²) in [6.45, 7) is 7.09. The van der Waals surface area contributed by atoms with Crippen molar-refractivity contribution < 1.29 is 14.3 Å². The van der Waals surface area contributed by atoms with E-state index in [1.807, 2.05) is 37.3 Å². The van der Waals surface area contributed by atoms with Gasteiger partial charge in [0, 0.05) is 5.56 Å². The van der Waals surface area contributed by atoms with E-state index >= 15 is 0 Å². The summed E-state index contributed by atoms with van der Waals surface area (Å²) in [5.41, 5.74) is 3.20. The minimum absolute atomic E-state index is 0.191. The summed E-state index contributed by atoms with van der Waals surface area (Å²) in [6, 6.07) is 13.1. The summed E-state index contributed by atoms with van der Waals surface area (Å²) in [4.78, 5) is 23.3. The van der Waals surface area contributed by atoms with E-state index in [0.29, 0.717) is 30.7 Å². The standard InChI is InChI=1S/C24H29NO4/c1-4-28-24(26)22(13-16(2)3)19-9-12-21(18-7-10-20(25-27)11-8-18)23(14-19)29-15-17-5-6-17/h7-12,14,16-17,22H,4-6,13,15H2,1-3H3. The molecule has 0 bridgehead atoms. The number of rotatable bonds is 10. The van der Waals surface area contributed by atoms with E-state index in [2.05, 4.69) is 19.0 Å². The van der Waals surface area contributed by atoms with Gasteiger partial charge in [-0.2, -0.15) is 0 Å². The maximum absolute atomic E-state index is 12.6. The van der Waals surface area contributed by atoms with Gasteiger partial charge in [0.15, 0.2) is 0 Å². The highest BCUT2D eigenvalue weighted by molar-refractivity contribution is 5.80. The molecule has 5 heteroatoms. The molecule has 1 aliphatic rings. The van der Waals surface area contributed by atoms with Gasteiger partial charge in [0.2, 0.25) is 0 Å². The number of hydrogen-bond donors (Lipinski definition) is 0. The Kier molecular flexibility index (Phi) is 7.02. The predicted molar refractivity (Wildman–Crippen MR) is 114 cm³/mol. The molecule has 5 nitrogen and oxygen atoms in total. The molecule has 0 heterocycles. The molecule has 0 aliphatic heterocycles. The summed E-state index contributed by atoms with van der Waals surface area (Å²) in [5, 5.41) is 2.96. The van der Waals surface area contributed by atoms with Crippen LogP contribution in [-0.2, 0) is 9.53 Å². The van der Waals surface area contributed by atoms with Crippen molar-refractivity contribution in [2.24, 2.45) is 17.0 Å². The van der Waals surface area contributed by atoms with E-state index in [9.17, 15) is 9.70 Å². The van der Waals surface area contributed by atoms with Gasteiger partial charge >= 0.3 is 5.97 Å². The molecule has 1 aliphatic carbocycles. The third-order valence-corrected chi connectivity index (χ3v) is 5.14. The molecule has 1 atom stereocenters. The summed E-state index contributed by atoms with van der Waals surface area (Å²) in [6.07, 6.45) is 3.13. The molecule has 2 aromatic rings. The van der Waals surface area contributed by atoms with Crippen molar-refractivity contribution in [2.45, 2.75) is 46.0 Å². The summed E-state index contributed by atoms with van der Waals surface area (Å²) < 4.78 is 11.5. The summed E-state index contributed by atoms with van der Waals surface area (Å²) >= 11 is 0. The van der Waals surface area contributed by atoms with Gasteiger partial charge in [0.05, 0.1) is 19.1 Å². The molecule has 0 amide bonds. The zero-order chi connectivity index (χ0) is 20.8. The number of ether oxygens (including phenoxy) is 2. The minimum atomic E-state index is -0.311. The van der Waals surface area contributed by atoms with Crippen LogP contribution in [0.25, 0.3) is 11.1 Å². The van der Waals surface area contributed by atoms with E-state index in [1.165, 1.54) is 12.8 Å².